The number of amides is 2. The maximum Gasteiger partial charge on any atom is 0.232 e. The first kappa shape index (κ1) is 15.7. The Labute approximate surface area is 126 Å². The van der Waals surface area contributed by atoms with Gasteiger partial charge in [-0.25, -0.2) is 0 Å². The lowest BCUT2D eigenvalue weighted by molar-refractivity contribution is -0.139. The molecule has 1 N–H and O–H groups in total. The Balaban J connectivity index is 2.14. The van der Waals surface area contributed by atoms with Crippen molar-refractivity contribution in [1.82, 2.24) is 10.2 Å². The Kier molecular flexibility index (Phi) is 5.12. The van der Waals surface area contributed by atoms with Crippen LogP contribution in [0.4, 0.5) is 0 Å². The highest BCUT2D eigenvalue weighted by molar-refractivity contribution is 6.03. The Morgan fingerprint density at radius 3 is 2.48 bits per heavy atom. The van der Waals surface area contributed by atoms with Gasteiger partial charge in [0.1, 0.15) is 0 Å². The van der Waals surface area contributed by atoms with Crippen molar-refractivity contribution in [2.75, 3.05) is 13.1 Å². The molecule has 114 valence electrons. The molecule has 21 heavy (non-hydrogen) atoms. The molecular formula is C17H24N2O2. The van der Waals surface area contributed by atoms with Crippen LogP contribution in [0.2, 0.25) is 0 Å². The maximum absolute atomic E-state index is 12.1. The lowest BCUT2D eigenvalue weighted by atomic mass is 10.0. The number of carbonyl (C=O) groups excluding carboxylic acids is 2. The van der Waals surface area contributed by atoms with Crippen LogP contribution in [-0.2, 0) is 9.59 Å². The Bertz CT molecular complexity index is 510. The van der Waals surface area contributed by atoms with Gasteiger partial charge in [0.15, 0.2) is 0 Å². The molecule has 1 aliphatic heterocycles. The summed E-state index contributed by atoms with van der Waals surface area (Å²) < 4.78 is 0. The predicted octanol–water partition coefficient (Wildman–Crippen LogP) is 2.43. The second kappa shape index (κ2) is 6.85. The molecule has 1 aromatic rings. The van der Waals surface area contributed by atoms with Crippen LogP contribution in [0.5, 0.6) is 0 Å². The molecule has 0 aromatic heterocycles. The van der Waals surface area contributed by atoms with E-state index in [1.54, 1.807) is 0 Å². The highest BCUT2D eigenvalue weighted by Crippen LogP contribution is 2.23. The van der Waals surface area contributed by atoms with Gasteiger partial charge in [-0.3, -0.25) is 14.5 Å². The molecule has 1 heterocycles. The van der Waals surface area contributed by atoms with Crippen molar-refractivity contribution in [1.29, 1.82) is 0 Å². The van der Waals surface area contributed by atoms with Crippen molar-refractivity contribution in [3.8, 4) is 0 Å². The lowest BCUT2D eigenvalue weighted by Gasteiger charge is -2.24. The topological polar surface area (TPSA) is 49.4 Å². The van der Waals surface area contributed by atoms with Gasteiger partial charge in [0, 0.05) is 18.9 Å². The van der Waals surface area contributed by atoms with Gasteiger partial charge in [0.2, 0.25) is 11.8 Å². The molecular weight excluding hydrogens is 264 g/mol. The molecule has 2 unspecified atom stereocenters. The monoisotopic (exact) mass is 288 g/mol. The van der Waals surface area contributed by atoms with E-state index in [1.807, 2.05) is 13.8 Å². The Morgan fingerprint density at radius 2 is 1.95 bits per heavy atom. The average molecular weight is 288 g/mol. The number of nitrogens with one attached hydrogen (secondary N) is 1. The van der Waals surface area contributed by atoms with Gasteiger partial charge < -0.3 is 5.32 Å². The predicted molar refractivity (Wildman–Crippen MR) is 82.7 cm³/mol. The van der Waals surface area contributed by atoms with Gasteiger partial charge >= 0.3 is 0 Å². The smallest absolute Gasteiger partial charge is 0.232 e. The van der Waals surface area contributed by atoms with Crippen LogP contribution in [0, 0.1) is 12.8 Å². The van der Waals surface area contributed by atoms with Crippen molar-refractivity contribution >= 4 is 11.8 Å². The van der Waals surface area contributed by atoms with Gasteiger partial charge in [-0.2, -0.15) is 0 Å². The summed E-state index contributed by atoms with van der Waals surface area (Å²) in [7, 11) is 0. The zero-order valence-electron chi connectivity index (χ0n) is 13.1. The minimum absolute atomic E-state index is 0.00347. The largest absolute Gasteiger partial charge is 0.308 e. The number of likely N-dealkylation sites (tertiary alicyclic amines) is 1. The van der Waals surface area contributed by atoms with Crippen LogP contribution < -0.4 is 5.32 Å². The summed E-state index contributed by atoms with van der Waals surface area (Å²) in [5.74, 6) is -0.277. The normalized spacial score (nSPS) is 20.1. The van der Waals surface area contributed by atoms with Gasteiger partial charge in [-0.05, 0) is 25.5 Å². The number of hydrogen-bond donors (Lipinski definition) is 1. The highest BCUT2D eigenvalue weighted by Gasteiger charge is 2.36. The third-order valence-electron chi connectivity index (χ3n) is 3.96. The van der Waals surface area contributed by atoms with Gasteiger partial charge in [-0.15, -0.1) is 0 Å². The zero-order chi connectivity index (χ0) is 15.4. The molecule has 1 fully saturated rings. The van der Waals surface area contributed by atoms with Crippen molar-refractivity contribution in [3.63, 3.8) is 0 Å². The maximum atomic E-state index is 12.1. The van der Waals surface area contributed by atoms with Crippen LogP contribution in [-0.4, -0.2) is 29.8 Å². The summed E-state index contributed by atoms with van der Waals surface area (Å²) in [5.41, 5.74) is 2.32. The number of carbonyl (C=O) groups is 2. The average Bonchev–Trinajstić information content (AvgIpc) is 2.70. The van der Waals surface area contributed by atoms with Crippen molar-refractivity contribution in [3.05, 3.63) is 35.4 Å². The van der Waals surface area contributed by atoms with Crippen LogP contribution in [0.15, 0.2) is 24.3 Å². The number of hydrogen-bond acceptors (Lipinski definition) is 3. The first-order valence-corrected chi connectivity index (χ1v) is 7.67. The van der Waals surface area contributed by atoms with Crippen molar-refractivity contribution in [2.45, 2.75) is 39.7 Å². The van der Waals surface area contributed by atoms with E-state index in [2.05, 4.69) is 36.5 Å². The SMILES string of the molecule is CCCNC(CN1C(=O)CC(C)C1=O)c1ccc(C)cc1. The van der Waals surface area contributed by atoms with Crippen LogP contribution >= 0.6 is 0 Å². The van der Waals surface area contributed by atoms with Crippen molar-refractivity contribution in [2.24, 2.45) is 5.92 Å². The quantitative estimate of drug-likeness (QED) is 0.818. The van der Waals surface area contributed by atoms with E-state index in [4.69, 9.17) is 0 Å². The Hall–Kier alpha value is -1.68. The molecule has 2 rings (SSSR count). The molecule has 2 amide bonds. The number of rotatable bonds is 6. The Morgan fingerprint density at radius 1 is 1.29 bits per heavy atom. The minimum atomic E-state index is -0.178. The number of benzene rings is 1. The second-order valence-electron chi connectivity index (χ2n) is 5.87. The minimum Gasteiger partial charge on any atom is -0.308 e. The van der Waals surface area contributed by atoms with E-state index >= 15 is 0 Å². The van der Waals surface area contributed by atoms with E-state index in [0.717, 1.165) is 18.5 Å². The number of aryl methyl sites for hydroxylation is 1. The summed E-state index contributed by atoms with van der Waals surface area (Å²) in [6.45, 7) is 7.26. The number of nitrogens with zero attached hydrogens (tertiary/aromatic N) is 1. The summed E-state index contributed by atoms with van der Waals surface area (Å²) >= 11 is 0. The van der Waals surface area contributed by atoms with E-state index in [-0.39, 0.29) is 23.8 Å². The van der Waals surface area contributed by atoms with E-state index in [9.17, 15) is 9.59 Å². The lowest BCUT2D eigenvalue weighted by Crippen LogP contribution is -2.39. The fourth-order valence-corrected chi connectivity index (χ4v) is 2.63. The molecule has 1 aromatic carbocycles. The summed E-state index contributed by atoms with van der Waals surface area (Å²) in [5, 5.41) is 3.44. The first-order valence-electron chi connectivity index (χ1n) is 7.67. The summed E-state index contributed by atoms with van der Waals surface area (Å²) in [6.07, 6.45) is 1.36. The molecule has 4 nitrogen and oxygen atoms in total. The fourth-order valence-electron chi connectivity index (χ4n) is 2.63. The summed E-state index contributed by atoms with van der Waals surface area (Å²) in [4.78, 5) is 25.5. The van der Waals surface area contributed by atoms with E-state index < -0.39 is 0 Å². The standard InChI is InChI=1S/C17H24N2O2/c1-4-9-18-15(14-7-5-12(2)6-8-14)11-19-16(20)10-13(3)17(19)21/h5-8,13,15,18H,4,9-11H2,1-3H3. The van der Waals surface area contributed by atoms with Crippen LogP contribution in [0.3, 0.4) is 0 Å². The third kappa shape index (κ3) is 3.70. The zero-order valence-corrected chi connectivity index (χ0v) is 13.1. The number of imide groups is 1. The molecule has 0 aliphatic carbocycles. The highest BCUT2D eigenvalue weighted by atomic mass is 16.2. The third-order valence-corrected chi connectivity index (χ3v) is 3.96. The van der Waals surface area contributed by atoms with E-state index in [0.29, 0.717) is 13.0 Å². The summed E-state index contributed by atoms with van der Waals surface area (Å²) in [6, 6.07) is 8.26. The molecule has 0 spiro atoms. The van der Waals surface area contributed by atoms with Gasteiger partial charge in [0.25, 0.3) is 0 Å². The van der Waals surface area contributed by atoms with E-state index in [1.165, 1.54) is 10.5 Å². The fraction of sp³-hybridized carbons (Fsp3) is 0.529. The molecule has 0 radical (unpaired) electrons. The molecule has 4 heteroatoms. The second-order valence-corrected chi connectivity index (χ2v) is 5.87. The van der Waals surface area contributed by atoms with Gasteiger partial charge in [-0.1, -0.05) is 43.7 Å². The molecule has 0 bridgehead atoms. The molecule has 2 atom stereocenters. The molecule has 1 aliphatic rings. The first-order chi connectivity index (χ1) is 10.0. The van der Waals surface area contributed by atoms with Crippen molar-refractivity contribution < 1.29 is 9.59 Å². The molecule has 1 saturated heterocycles. The van der Waals surface area contributed by atoms with Crippen LogP contribution in [0.1, 0.15) is 43.9 Å². The molecule has 0 saturated carbocycles. The van der Waals surface area contributed by atoms with Gasteiger partial charge in [0.05, 0.1) is 6.04 Å². The van der Waals surface area contributed by atoms with Crippen LogP contribution in [0.25, 0.3) is 0 Å².